The number of benzene rings is 23. The van der Waals surface area contributed by atoms with Crippen LogP contribution in [0, 0.1) is 0 Å². The Balaban J connectivity index is 0.0000000975. The Bertz CT molecular complexity index is 9440. The van der Waals surface area contributed by atoms with Crippen LogP contribution in [0.2, 0.25) is 0 Å². The Morgan fingerprint density at radius 2 is 0.581 bits per heavy atom. The zero-order valence-corrected chi connectivity index (χ0v) is 69.5. The van der Waals surface area contributed by atoms with Crippen LogP contribution in [0.1, 0.15) is 49.9 Å². The maximum Gasteiger partial charge on any atom is 0.136 e. The standard InChI is InChI=1S/C43H29N.C40H23NS.C37H24O/c1-43(2)36-23-22-32-29-16-8-9-18-31(29)40-28-15-7-6-12-26(28)20-21-33(40)41(32)42(36)35-24-34-30-17-10-11-19-38(30)44(39(34)25-37(35)43)27-13-4-3-5-14-27;1-2-11-25(12-3-1)41-36-17-9-8-16-29(36)32-20-33-34-21-35-31(22-38(34)42-39(33)23-37(32)41)28-15-7-6-14-27(28)30-19-18-24-10-4-5-13-26(24)40(30)35;1-37(2)32-14-8-7-13-25(32)28-17-29-30-18-31-27(19-34(30)38-35(29)20-33(28)37)24-12-6-5-11-23(24)26-16-15-21-9-3-4-10-22(21)36(26)31/h3-25H,1-2H3;1-23H;3-20H,1-2H3. The number of hydrogen-bond acceptors (Lipinski definition) is 2. The van der Waals surface area contributed by atoms with Crippen LogP contribution in [0.3, 0.4) is 0 Å². The van der Waals surface area contributed by atoms with E-state index in [1.807, 2.05) is 11.3 Å². The highest BCUT2D eigenvalue weighted by molar-refractivity contribution is 7.26. The van der Waals surface area contributed by atoms with Gasteiger partial charge in [0.25, 0.3) is 0 Å². The van der Waals surface area contributed by atoms with Crippen molar-refractivity contribution in [1.82, 2.24) is 9.13 Å². The summed E-state index contributed by atoms with van der Waals surface area (Å²) in [4.78, 5) is 0. The van der Waals surface area contributed by atoms with E-state index in [0.29, 0.717) is 0 Å². The largest absolute Gasteiger partial charge is 0.456 e. The van der Waals surface area contributed by atoms with Crippen LogP contribution in [-0.4, -0.2) is 9.13 Å². The first-order valence-electron chi connectivity index (χ1n) is 43.3. The second-order valence-corrected chi connectivity index (χ2v) is 36.6. The minimum atomic E-state index is -0.139. The molecule has 0 fully saturated rings. The van der Waals surface area contributed by atoms with Gasteiger partial charge in [0.15, 0.2) is 0 Å². The molecular formula is C120H76N2OS. The van der Waals surface area contributed by atoms with E-state index in [0.717, 1.165) is 11.2 Å². The molecule has 4 heterocycles. The lowest BCUT2D eigenvalue weighted by molar-refractivity contribution is 0.647. The molecule has 3 nitrogen and oxygen atoms in total. The second kappa shape index (κ2) is 25.7. The molecule has 4 aromatic heterocycles. The van der Waals surface area contributed by atoms with Crippen molar-refractivity contribution in [2.24, 2.45) is 0 Å². The average molecular weight is 1590 g/mol. The summed E-state index contributed by atoms with van der Waals surface area (Å²) in [5.74, 6) is 0. The van der Waals surface area contributed by atoms with Gasteiger partial charge in [-0.15, -0.1) is 11.3 Å². The summed E-state index contributed by atoms with van der Waals surface area (Å²) in [5, 5.41) is 41.7. The van der Waals surface area contributed by atoms with Gasteiger partial charge in [-0.2, -0.15) is 0 Å². The van der Waals surface area contributed by atoms with E-state index in [2.05, 4.69) is 425 Å². The van der Waals surface area contributed by atoms with Crippen LogP contribution < -0.4 is 0 Å². The molecule has 0 aliphatic heterocycles. The molecule has 578 valence electrons. The molecule has 23 aromatic carbocycles. The number of para-hydroxylation sites is 4. The summed E-state index contributed by atoms with van der Waals surface area (Å²) in [7, 11) is 0. The van der Waals surface area contributed by atoms with Crippen LogP contribution in [0.4, 0.5) is 0 Å². The fraction of sp³-hybridized carbons (Fsp3) is 0.0500. The fourth-order valence-electron chi connectivity index (χ4n) is 22.8. The Hall–Kier alpha value is -15.2. The Morgan fingerprint density at radius 1 is 0.202 bits per heavy atom. The normalized spacial score (nSPS) is 13.5. The molecule has 0 saturated heterocycles. The first kappa shape index (κ1) is 69.6. The first-order valence-corrected chi connectivity index (χ1v) is 44.2. The van der Waals surface area contributed by atoms with Crippen molar-refractivity contribution < 1.29 is 4.42 Å². The molecule has 0 radical (unpaired) electrons. The SMILES string of the molecule is CC1(C)c2cc3c(cc2-c2c1ccc1c4ccccc4c4c5ccccc5ccc4c21)c1ccccc1n3-c1ccccc1.CC1(C)c2ccccc2-c2cc3c(cc21)oc1cc2c4ccccc4c4ccc5ccccc5c4c2cc13.c1ccc(-n2c3ccccc3c3cc4c(cc32)sc2cc3c5ccccc5c5ccc6ccccc6c5c3cc24)cc1. The van der Waals surface area contributed by atoms with Gasteiger partial charge in [0.1, 0.15) is 11.2 Å². The van der Waals surface area contributed by atoms with Gasteiger partial charge in [0, 0.05) is 74.7 Å². The molecule has 0 bridgehead atoms. The minimum absolute atomic E-state index is 0.0465. The monoisotopic (exact) mass is 1590 g/mol. The van der Waals surface area contributed by atoms with Crippen LogP contribution in [0.25, 0.3) is 249 Å². The lowest BCUT2D eigenvalue weighted by Gasteiger charge is -2.22. The maximum absolute atomic E-state index is 6.63. The van der Waals surface area contributed by atoms with Crippen molar-refractivity contribution in [3.63, 3.8) is 0 Å². The third-order valence-corrected chi connectivity index (χ3v) is 29.6. The summed E-state index contributed by atoms with van der Waals surface area (Å²) < 4.78 is 14.1. The van der Waals surface area contributed by atoms with E-state index in [9.17, 15) is 0 Å². The third kappa shape index (κ3) is 9.66. The Kier molecular flexibility index (Phi) is 14.4. The molecule has 2 aliphatic carbocycles. The van der Waals surface area contributed by atoms with Gasteiger partial charge < -0.3 is 13.6 Å². The van der Waals surface area contributed by atoms with E-state index in [1.165, 1.54) is 260 Å². The molecule has 27 aromatic rings. The van der Waals surface area contributed by atoms with Crippen molar-refractivity contribution in [1.29, 1.82) is 0 Å². The van der Waals surface area contributed by atoms with Crippen molar-refractivity contribution in [2.75, 3.05) is 0 Å². The van der Waals surface area contributed by atoms with Gasteiger partial charge in [-0.05, 0) is 271 Å². The van der Waals surface area contributed by atoms with Gasteiger partial charge in [0.05, 0.1) is 22.1 Å². The zero-order valence-electron chi connectivity index (χ0n) is 68.7. The van der Waals surface area contributed by atoms with Crippen LogP contribution in [0.15, 0.2) is 393 Å². The smallest absolute Gasteiger partial charge is 0.136 e. The molecule has 0 atom stereocenters. The molecule has 0 amide bonds. The van der Waals surface area contributed by atoms with E-state index < -0.39 is 0 Å². The van der Waals surface area contributed by atoms with E-state index in [1.54, 1.807) is 0 Å². The van der Waals surface area contributed by atoms with Crippen molar-refractivity contribution >= 4 is 226 Å². The number of furan rings is 1. The molecule has 0 N–H and O–H groups in total. The third-order valence-electron chi connectivity index (χ3n) is 28.5. The van der Waals surface area contributed by atoms with Crippen LogP contribution in [-0.2, 0) is 10.8 Å². The van der Waals surface area contributed by atoms with E-state index in [4.69, 9.17) is 4.42 Å². The van der Waals surface area contributed by atoms with Gasteiger partial charge in [-0.1, -0.05) is 319 Å². The van der Waals surface area contributed by atoms with Crippen molar-refractivity contribution in [3.8, 4) is 33.6 Å². The van der Waals surface area contributed by atoms with E-state index >= 15 is 0 Å². The lowest BCUT2D eigenvalue weighted by atomic mass is 9.81. The number of hydrogen-bond donors (Lipinski definition) is 0. The van der Waals surface area contributed by atoms with Crippen molar-refractivity contribution in [3.05, 3.63) is 411 Å². The highest BCUT2D eigenvalue weighted by Crippen LogP contribution is 2.58. The van der Waals surface area contributed by atoms with E-state index in [-0.39, 0.29) is 10.8 Å². The van der Waals surface area contributed by atoms with Gasteiger partial charge in [-0.3, -0.25) is 0 Å². The highest BCUT2D eigenvalue weighted by atomic mass is 32.1. The summed E-state index contributed by atoms with van der Waals surface area (Å²) in [5.41, 5.74) is 20.1. The Morgan fingerprint density at radius 3 is 1.17 bits per heavy atom. The Labute approximate surface area is 717 Å². The highest BCUT2D eigenvalue weighted by Gasteiger charge is 2.40. The van der Waals surface area contributed by atoms with Gasteiger partial charge in [-0.25, -0.2) is 0 Å². The number of fused-ring (bicyclic) bond motifs is 43. The molecule has 0 unspecified atom stereocenters. The zero-order chi connectivity index (χ0) is 81.7. The predicted octanol–water partition coefficient (Wildman–Crippen LogP) is 34.0. The van der Waals surface area contributed by atoms with Crippen LogP contribution in [0.5, 0.6) is 0 Å². The second-order valence-electron chi connectivity index (χ2n) is 35.5. The van der Waals surface area contributed by atoms with Gasteiger partial charge >= 0.3 is 0 Å². The van der Waals surface area contributed by atoms with Gasteiger partial charge in [0.2, 0.25) is 0 Å². The molecule has 29 rings (SSSR count). The fourth-order valence-corrected chi connectivity index (χ4v) is 24.0. The quantitative estimate of drug-likeness (QED) is 0.158. The molecule has 2 aliphatic rings. The average Bonchev–Trinajstić information content (AvgIpc) is 1.51. The number of aromatic nitrogens is 2. The number of rotatable bonds is 2. The molecule has 0 spiro atoms. The summed E-state index contributed by atoms with van der Waals surface area (Å²) >= 11 is 1.91. The summed E-state index contributed by atoms with van der Waals surface area (Å²) in [6, 6.07) is 144. The molecule has 124 heavy (non-hydrogen) atoms. The summed E-state index contributed by atoms with van der Waals surface area (Å²) in [6.07, 6.45) is 0. The number of thiophene rings is 1. The predicted molar refractivity (Wildman–Crippen MR) is 533 cm³/mol. The topological polar surface area (TPSA) is 23.0 Å². The lowest BCUT2D eigenvalue weighted by Crippen LogP contribution is -2.15. The van der Waals surface area contributed by atoms with Crippen molar-refractivity contribution in [2.45, 2.75) is 38.5 Å². The van der Waals surface area contributed by atoms with Crippen LogP contribution >= 0.6 is 11.3 Å². The molecular weight excluding hydrogens is 1520 g/mol. The summed E-state index contributed by atoms with van der Waals surface area (Å²) in [6.45, 7) is 9.46. The number of nitrogens with zero attached hydrogens (tertiary/aromatic N) is 2. The molecule has 4 heteroatoms. The molecule has 0 saturated carbocycles. The first-order chi connectivity index (χ1) is 61.0. The minimum Gasteiger partial charge on any atom is -0.456 e. The maximum atomic E-state index is 6.63.